The van der Waals surface area contributed by atoms with Gasteiger partial charge in [-0.3, -0.25) is 33.6 Å². The van der Waals surface area contributed by atoms with E-state index in [4.69, 9.17) is 29.4 Å². The van der Waals surface area contributed by atoms with Crippen LogP contribution in [0.2, 0.25) is 0 Å². The molecule has 9 amide bonds. The van der Waals surface area contributed by atoms with Crippen LogP contribution < -0.4 is 48.3 Å². The number of epoxide rings is 1. The van der Waals surface area contributed by atoms with Gasteiger partial charge in [-0.25, -0.2) is 9.59 Å². The molecule has 23 nitrogen and oxygen atoms in total. The Balaban J connectivity index is 1.17. The number of nitrogens with one attached hydrogen (secondary N) is 8. The third kappa shape index (κ3) is 25.4. The number of urea groups is 1. The molecule has 80 heavy (non-hydrogen) atoms. The predicted octanol–water partition coefficient (Wildman–Crippen LogP) is 4.48. The van der Waals surface area contributed by atoms with Gasteiger partial charge in [0.05, 0.1) is 61.1 Å². The number of esters is 1. The molecule has 0 bridgehead atoms. The van der Waals surface area contributed by atoms with Gasteiger partial charge in [0.15, 0.2) is 0 Å². The first-order valence-electron chi connectivity index (χ1n) is 27.5. The van der Waals surface area contributed by atoms with Crippen molar-refractivity contribution in [2.24, 2.45) is 17.6 Å². The van der Waals surface area contributed by atoms with Gasteiger partial charge in [0.2, 0.25) is 35.4 Å². The minimum absolute atomic E-state index is 0.0343. The SMILES string of the molecule is CC(=O)O[C@@H](C)/C=C\C(=O)N[C@@H]1C[C@H](C)[C@H](C/C=C(C)/C=C/[C@@H]2C[C@]3(CO3)C[C@@H](CC(=O)NCNC(=O)OCc3ccc(NC(=O)[C@H](CCCNC(N)=O)NC(=O)[C@@H](NC(=O)CCCCCNC(=O)CBr)C(C)C)cc3)O2)O[C@@H]1C. The molecular weight excluding hydrogens is 1100 g/mol. The second-order valence-corrected chi connectivity index (χ2v) is 21.7. The average Bonchev–Trinajstić information content (AvgIpc) is 4.14. The number of ether oxygens (including phenoxy) is 5. The van der Waals surface area contributed by atoms with E-state index in [9.17, 15) is 43.2 Å². The third-order valence-electron chi connectivity index (χ3n) is 13.7. The van der Waals surface area contributed by atoms with Gasteiger partial charge in [-0.15, -0.1) is 0 Å². The lowest BCUT2D eigenvalue weighted by atomic mass is 9.88. The molecule has 10 atom stereocenters. The quantitative estimate of drug-likeness (QED) is 0.00943. The molecule has 444 valence electrons. The molecule has 0 unspecified atom stereocenters. The molecule has 1 aromatic rings. The zero-order valence-corrected chi connectivity index (χ0v) is 48.7. The number of nitrogens with two attached hydrogens (primary N) is 1. The summed E-state index contributed by atoms with van der Waals surface area (Å²) < 4.78 is 28.9. The molecule has 1 spiro atoms. The number of anilines is 1. The summed E-state index contributed by atoms with van der Waals surface area (Å²) in [4.78, 5) is 112. The van der Waals surface area contributed by atoms with Gasteiger partial charge in [-0.2, -0.15) is 0 Å². The Morgan fingerprint density at radius 1 is 0.838 bits per heavy atom. The van der Waals surface area contributed by atoms with Crippen LogP contribution in [0.15, 0.2) is 60.2 Å². The number of amides is 9. The summed E-state index contributed by atoms with van der Waals surface area (Å²) >= 11 is 3.09. The largest absolute Gasteiger partial charge is 0.459 e. The van der Waals surface area contributed by atoms with Crippen molar-refractivity contribution in [3.63, 3.8) is 0 Å². The van der Waals surface area contributed by atoms with Crippen molar-refractivity contribution in [3.8, 4) is 0 Å². The second-order valence-electron chi connectivity index (χ2n) is 21.1. The van der Waals surface area contributed by atoms with Crippen molar-refractivity contribution in [2.45, 2.75) is 180 Å². The van der Waals surface area contributed by atoms with Crippen molar-refractivity contribution in [3.05, 3.63) is 65.8 Å². The van der Waals surface area contributed by atoms with Crippen molar-refractivity contribution in [2.75, 3.05) is 37.0 Å². The first-order valence-corrected chi connectivity index (χ1v) is 28.6. The van der Waals surface area contributed by atoms with E-state index in [-0.39, 0.29) is 110 Å². The molecule has 3 aliphatic heterocycles. The van der Waals surface area contributed by atoms with E-state index in [1.807, 2.05) is 26.0 Å². The summed E-state index contributed by atoms with van der Waals surface area (Å²) in [6.45, 7) is 13.6. The van der Waals surface area contributed by atoms with Crippen molar-refractivity contribution in [1.82, 2.24) is 37.2 Å². The van der Waals surface area contributed by atoms with Crippen LogP contribution >= 0.6 is 15.9 Å². The Morgan fingerprint density at radius 3 is 2.24 bits per heavy atom. The summed E-state index contributed by atoms with van der Waals surface area (Å²) in [5.74, 6) is -2.66. The van der Waals surface area contributed by atoms with E-state index in [0.29, 0.717) is 69.3 Å². The predicted molar refractivity (Wildman–Crippen MR) is 301 cm³/mol. The van der Waals surface area contributed by atoms with Gasteiger partial charge in [0.1, 0.15) is 24.8 Å². The van der Waals surface area contributed by atoms with E-state index < -0.39 is 54.2 Å². The Bertz CT molecular complexity index is 2350. The molecule has 3 heterocycles. The molecule has 3 fully saturated rings. The Kier molecular flexibility index (Phi) is 28.1. The van der Waals surface area contributed by atoms with Gasteiger partial charge in [0, 0.05) is 51.0 Å². The fourth-order valence-corrected chi connectivity index (χ4v) is 9.37. The number of carbonyl (C=O) groups excluding carboxylic acids is 9. The lowest BCUT2D eigenvalue weighted by Gasteiger charge is -2.39. The molecule has 24 heteroatoms. The highest BCUT2D eigenvalue weighted by atomic mass is 79.9. The summed E-state index contributed by atoms with van der Waals surface area (Å²) in [6.07, 6.45) is 12.1. The first kappa shape index (κ1) is 66.1. The van der Waals surface area contributed by atoms with E-state index in [0.717, 1.165) is 12.0 Å². The van der Waals surface area contributed by atoms with Crippen LogP contribution in [-0.2, 0) is 63.9 Å². The standard InChI is InChI=1S/C56H84BrN9O14/c1-34(2)51(66-47(68)13-9-8-10-24-59-50(71)30-57)53(73)65-44(12-11-25-60-54(58)74)52(72)63-41-19-17-40(18-20-41)31-76-55(75)62-33-61-49(70)27-43-29-56(32-77-56)28-42(80-43)21-14-35(3)15-22-46-36(4)26-45(38(6)79-46)64-48(69)23-16-37(5)78-39(7)67/h14-21,23,34,36-38,42-46,51H,8-13,22,24-33H2,1-7H3,(H,59,71)(H,61,70)(H,62,75)(H,63,72)(H,64,69)(H,65,73)(H,66,68)(H3,58,60,74)/b21-14+,23-16-,35-15+/t36-,37-,38+,42+,43+,44-,45+,46-,51-,56+/m0/s1. The number of hydrogen-bond acceptors (Lipinski definition) is 14. The molecule has 4 rings (SSSR count). The summed E-state index contributed by atoms with van der Waals surface area (Å²) in [7, 11) is 0. The van der Waals surface area contributed by atoms with Crippen molar-refractivity contribution >= 4 is 75.2 Å². The van der Waals surface area contributed by atoms with Crippen LogP contribution in [0.25, 0.3) is 0 Å². The molecule has 3 saturated heterocycles. The number of carbonyl (C=O) groups is 9. The van der Waals surface area contributed by atoms with Crippen LogP contribution in [0.3, 0.4) is 0 Å². The number of unbranched alkanes of at least 4 members (excludes halogenated alkanes) is 2. The number of hydrogen-bond donors (Lipinski definition) is 9. The minimum Gasteiger partial charge on any atom is -0.459 e. The Morgan fingerprint density at radius 2 is 1.56 bits per heavy atom. The fourth-order valence-electron chi connectivity index (χ4n) is 9.18. The number of primary amides is 1. The number of halogens is 1. The van der Waals surface area contributed by atoms with Crippen molar-refractivity contribution < 1.29 is 66.8 Å². The summed E-state index contributed by atoms with van der Waals surface area (Å²) in [5.41, 5.74) is 6.88. The van der Waals surface area contributed by atoms with E-state index >= 15 is 0 Å². The molecule has 1 aromatic carbocycles. The molecule has 3 aliphatic rings. The monoisotopic (exact) mass is 1190 g/mol. The van der Waals surface area contributed by atoms with E-state index in [2.05, 4.69) is 71.5 Å². The van der Waals surface area contributed by atoms with E-state index in [1.165, 1.54) is 19.1 Å². The normalized spacial score (nSPS) is 22.8. The van der Waals surface area contributed by atoms with Crippen LogP contribution in [-0.4, -0.2) is 139 Å². The lowest BCUT2D eigenvalue weighted by molar-refractivity contribution is -0.143. The van der Waals surface area contributed by atoms with Gasteiger partial charge in [-0.1, -0.05) is 79.1 Å². The highest BCUT2D eigenvalue weighted by molar-refractivity contribution is 9.09. The van der Waals surface area contributed by atoms with Gasteiger partial charge in [0.25, 0.3) is 0 Å². The highest BCUT2D eigenvalue weighted by Gasteiger charge is 2.51. The Labute approximate surface area is 477 Å². The van der Waals surface area contributed by atoms with Crippen LogP contribution in [0.1, 0.15) is 125 Å². The fraction of sp³-hybridized carbons (Fsp3) is 0.625. The Hall–Kier alpha value is -6.37. The van der Waals surface area contributed by atoms with Gasteiger partial charge >= 0.3 is 18.1 Å². The number of alkyl carbamates (subject to hydrolysis) is 1. The number of alkyl halides is 1. The number of benzene rings is 1. The molecule has 0 aliphatic carbocycles. The number of allylic oxidation sites excluding steroid dienone is 2. The molecule has 0 aromatic heterocycles. The van der Waals surface area contributed by atoms with Crippen molar-refractivity contribution in [1.29, 1.82) is 0 Å². The topological polar surface area (TPSA) is 325 Å². The maximum absolute atomic E-state index is 13.6. The summed E-state index contributed by atoms with van der Waals surface area (Å²) in [5, 5.41) is 22.0. The number of rotatable bonds is 31. The van der Waals surface area contributed by atoms with Crippen LogP contribution in [0.5, 0.6) is 0 Å². The van der Waals surface area contributed by atoms with Crippen LogP contribution in [0, 0.1) is 11.8 Å². The lowest BCUT2D eigenvalue weighted by Crippen LogP contribution is -2.54. The molecule has 10 N–H and O–H groups in total. The maximum Gasteiger partial charge on any atom is 0.408 e. The smallest absolute Gasteiger partial charge is 0.408 e. The minimum atomic E-state index is -1.04. The molecule has 0 radical (unpaired) electrons. The van der Waals surface area contributed by atoms with Gasteiger partial charge in [-0.05, 0) is 94.9 Å². The highest BCUT2D eigenvalue weighted by Crippen LogP contribution is 2.43. The van der Waals surface area contributed by atoms with Crippen LogP contribution in [0.4, 0.5) is 15.3 Å². The average molecular weight is 1190 g/mol. The summed E-state index contributed by atoms with van der Waals surface area (Å²) in [6, 6.07) is 3.64. The zero-order chi connectivity index (χ0) is 58.8. The first-order chi connectivity index (χ1) is 38.0. The van der Waals surface area contributed by atoms with E-state index in [1.54, 1.807) is 45.0 Å². The maximum atomic E-state index is 13.6. The second kappa shape index (κ2) is 34.0. The molecule has 0 saturated carbocycles. The molecular formula is C56H84BrN9O14. The van der Waals surface area contributed by atoms with Gasteiger partial charge < -0.3 is 72.0 Å². The third-order valence-corrected chi connectivity index (χ3v) is 14.2. The zero-order valence-electron chi connectivity index (χ0n) is 47.2.